The molecular weight excluding hydrogens is 360 g/mol. The van der Waals surface area contributed by atoms with Gasteiger partial charge < -0.3 is 19.6 Å². The quantitative estimate of drug-likeness (QED) is 0.575. The normalized spacial score (nSPS) is 16.7. The summed E-state index contributed by atoms with van der Waals surface area (Å²) in [5.74, 6) is 1.61. The van der Waals surface area contributed by atoms with Crippen molar-refractivity contribution in [2.24, 2.45) is 0 Å². The Morgan fingerprint density at radius 1 is 1.19 bits per heavy atom. The molecule has 1 heterocycles. The van der Waals surface area contributed by atoms with Crippen LogP contribution in [0.15, 0.2) is 36.4 Å². The van der Waals surface area contributed by atoms with Gasteiger partial charge in [-0.2, -0.15) is 0 Å². The van der Waals surface area contributed by atoms with Crippen molar-refractivity contribution in [3.05, 3.63) is 53.1 Å². The van der Waals surface area contributed by atoms with Crippen molar-refractivity contribution in [2.75, 3.05) is 12.0 Å². The maximum absolute atomic E-state index is 8.96. The lowest BCUT2D eigenvalue weighted by atomic mass is 10.1. The fourth-order valence-electron chi connectivity index (χ4n) is 3.87. The van der Waals surface area contributed by atoms with Gasteiger partial charge in [0.15, 0.2) is 0 Å². The standard InChI is InChI=1S/C21H24N2O3S/c1-25-17-8-9-19(20(11-17)26-16-4-2-3-5-16)23-13-15-7-6-14(12-22-24)10-18(15)21(23)27/h6-11,16,22,24H,2-5,12-13H2,1H3. The molecule has 1 fully saturated rings. The van der Waals surface area contributed by atoms with Crippen molar-refractivity contribution in [3.8, 4) is 11.5 Å². The van der Waals surface area contributed by atoms with E-state index in [-0.39, 0.29) is 6.10 Å². The number of benzene rings is 2. The molecule has 0 spiro atoms. The molecule has 2 aromatic rings. The summed E-state index contributed by atoms with van der Waals surface area (Å²) >= 11 is 5.78. The van der Waals surface area contributed by atoms with Crippen LogP contribution in [0.2, 0.25) is 0 Å². The van der Waals surface area contributed by atoms with Gasteiger partial charge in [-0.3, -0.25) is 0 Å². The number of nitrogens with zero attached hydrogens (tertiary/aromatic N) is 1. The second-order valence-electron chi connectivity index (χ2n) is 7.08. The lowest BCUT2D eigenvalue weighted by molar-refractivity contribution is 0.161. The van der Waals surface area contributed by atoms with Gasteiger partial charge in [0, 0.05) is 24.7 Å². The number of hydrogen-bond donors (Lipinski definition) is 2. The molecule has 5 nitrogen and oxygen atoms in total. The Hall–Kier alpha value is -2.15. The second-order valence-corrected chi connectivity index (χ2v) is 7.46. The molecule has 4 rings (SSSR count). The Kier molecular flexibility index (Phi) is 5.29. The van der Waals surface area contributed by atoms with Crippen molar-refractivity contribution < 1.29 is 14.7 Å². The maximum Gasteiger partial charge on any atom is 0.147 e. The first-order valence-corrected chi connectivity index (χ1v) is 9.75. The molecular formula is C21H24N2O3S. The Bertz CT molecular complexity index is 849. The van der Waals surface area contributed by atoms with E-state index < -0.39 is 0 Å². The van der Waals surface area contributed by atoms with E-state index >= 15 is 0 Å². The summed E-state index contributed by atoms with van der Waals surface area (Å²) in [6, 6.07) is 12.1. The smallest absolute Gasteiger partial charge is 0.147 e. The number of hydrogen-bond acceptors (Lipinski definition) is 5. The average molecular weight is 385 g/mol. The number of anilines is 1. The largest absolute Gasteiger partial charge is 0.497 e. The molecule has 0 saturated heterocycles. The van der Waals surface area contributed by atoms with E-state index in [1.54, 1.807) is 7.11 Å². The summed E-state index contributed by atoms with van der Waals surface area (Å²) in [5.41, 5.74) is 6.41. The van der Waals surface area contributed by atoms with Crippen LogP contribution in [0.4, 0.5) is 5.69 Å². The third kappa shape index (κ3) is 3.65. The lowest BCUT2D eigenvalue weighted by Crippen LogP contribution is -2.24. The van der Waals surface area contributed by atoms with Crippen molar-refractivity contribution >= 4 is 22.9 Å². The Balaban J connectivity index is 1.65. The molecule has 2 aromatic carbocycles. The number of thiocarbonyl (C=S) groups is 1. The fourth-order valence-corrected chi connectivity index (χ4v) is 4.22. The summed E-state index contributed by atoms with van der Waals surface area (Å²) < 4.78 is 11.8. The molecule has 2 aliphatic rings. The molecule has 27 heavy (non-hydrogen) atoms. The van der Waals surface area contributed by atoms with E-state index in [0.29, 0.717) is 13.1 Å². The van der Waals surface area contributed by atoms with Gasteiger partial charge in [-0.15, -0.1) is 0 Å². The molecule has 0 atom stereocenters. The van der Waals surface area contributed by atoms with E-state index in [0.717, 1.165) is 46.1 Å². The third-order valence-corrected chi connectivity index (χ3v) is 5.76. The predicted molar refractivity (Wildman–Crippen MR) is 109 cm³/mol. The molecule has 0 amide bonds. The molecule has 0 aromatic heterocycles. The van der Waals surface area contributed by atoms with E-state index in [9.17, 15) is 0 Å². The lowest BCUT2D eigenvalue weighted by Gasteiger charge is -2.24. The number of fused-ring (bicyclic) bond motifs is 1. The fraction of sp³-hybridized carbons (Fsp3) is 0.381. The van der Waals surface area contributed by atoms with Gasteiger partial charge in [-0.05, 0) is 55.0 Å². The summed E-state index contributed by atoms with van der Waals surface area (Å²) in [5, 5.41) is 8.96. The van der Waals surface area contributed by atoms with Crippen LogP contribution >= 0.6 is 12.2 Å². The summed E-state index contributed by atoms with van der Waals surface area (Å²) in [4.78, 5) is 2.91. The minimum Gasteiger partial charge on any atom is -0.497 e. The Labute approximate surface area is 164 Å². The van der Waals surface area contributed by atoms with Gasteiger partial charge >= 0.3 is 0 Å². The predicted octanol–water partition coefficient (Wildman–Crippen LogP) is 4.19. The maximum atomic E-state index is 8.96. The van der Waals surface area contributed by atoms with Gasteiger partial charge in [0.05, 0.1) is 18.9 Å². The second kappa shape index (κ2) is 7.84. The zero-order valence-corrected chi connectivity index (χ0v) is 16.2. The average Bonchev–Trinajstić information content (AvgIpc) is 3.30. The van der Waals surface area contributed by atoms with Crippen LogP contribution in [0.25, 0.3) is 0 Å². The zero-order valence-electron chi connectivity index (χ0n) is 15.4. The molecule has 1 aliphatic carbocycles. The molecule has 0 unspecified atom stereocenters. The minimum atomic E-state index is 0.261. The number of ether oxygens (including phenoxy) is 2. The molecule has 6 heteroatoms. The van der Waals surface area contributed by atoms with Crippen LogP contribution in [0.1, 0.15) is 42.4 Å². The molecule has 142 valence electrons. The monoisotopic (exact) mass is 384 g/mol. The van der Waals surface area contributed by atoms with Gasteiger partial charge in [-0.1, -0.05) is 24.4 Å². The summed E-state index contributed by atoms with van der Waals surface area (Å²) in [6.07, 6.45) is 4.90. The van der Waals surface area contributed by atoms with Crippen LogP contribution in [-0.4, -0.2) is 23.4 Å². The van der Waals surface area contributed by atoms with Crippen LogP contribution in [0.5, 0.6) is 11.5 Å². The topological polar surface area (TPSA) is 54.0 Å². The summed E-state index contributed by atoms with van der Waals surface area (Å²) in [6.45, 7) is 1.11. The highest BCUT2D eigenvalue weighted by Gasteiger charge is 2.29. The first-order valence-electron chi connectivity index (χ1n) is 9.35. The highest BCUT2D eigenvalue weighted by Crippen LogP contribution is 2.39. The van der Waals surface area contributed by atoms with Crippen LogP contribution in [0.3, 0.4) is 0 Å². The molecule has 0 radical (unpaired) electrons. The number of hydroxylamine groups is 1. The highest BCUT2D eigenvalue weighted by molar-refractivity contribution is 7.81. The first-order chi connectivity index (χ1) is 13.2. The van der Waals surface area contributed by atoms with Gasteiger partial charge in [0.25, 0.3) is 0 Å². The molecule has 1 aliphatic heterocycles. The molecule has 0 bridgehead atoms. The van der Waals surface area contributed by atoms with Crippen molar-refractivity contribution in [2.45, 2.75) is 44.9 Å². The van der Waals surface area contributed by atoms with Gasteiger partial charge in [-0.25, -0.2) is 5.48 Å². The van der Waals surface area contributed by atoms with Crippen LogP contribution < -0.4 is 19.9 Å². The summed E-state index contributed by atoms with van der Waals surface area (Å²) in [7, 11) is 1.67. The van der Waals surface area contributed by atoms with Crippen LogP contribution in [0, 0.1) is 0 Å². The van der Waals surface area contributed by atoms with E-state index in [2.05, 4.69) is 16.4 Å². The third-order valence-electron chi connectivity index (χ3n) is 5.32. The Morgan fingerprint density at radius 3 is 2.74 bits per heavy atom. The number of rotatable bonds is 6. The van der Waals surface area contributed by atoms with Crippen molar-refractivity contribution in [1.29, 1.82) is 0 Å². The van der Waals surface area contributed by atoms with E-state index in [1.165, 1.54) is 18.4 Å². The van der Waals surface area contributed by atoms with Gasteiger partial charge in [0.1, 0.15) is 16.5 Å². The number of methoxy groups -OCH3 is 1. The highest BCUT2D eigenvalue weighted by atomic mass is 32.1. The van der Waals surface area contributed by atoms with E-state index in [4.69, 9.17) is 26.9 Å². The Morgan fingerprint density at radius 2 is 2.00 bits per heavy atom. The number of nitrogens with one attached hydrogen (secondary N) is 1. The zero-order chi connectivity index (χ0) is 18.8. The van der Waals surface area contributed by atoms with Crippen LogP contribution in [-0.2, 0) is 13.1 Å². The minimum absolute atomic E-state index is 0.261. The van der Waals surface area contributed by atoms with Crippen molar-refractivity contribution in [1.82, 2.24) is 5.48 Å². The molecule has 1 saturated carbocycles. The van der Waals surface area contributed by atoms with E-state index in [1.807, 2.05) is 30.3 Å². The first kappa shape index (κ1) is 18.2. The SMILES string of the molecule is COc1ccc(N2Cc3ccc(CNO)cc3C2=S)c(OC2CCCC2)c1. The van der Waals surface area contributed by atoms with Crippen molar-refractivity contribution in [3.63, 3.8) is 0 Å². The van der Waals surface area contributed by atoms with Gasteiger partial charge in [0.2, 0.25) is 0 Å². The molecule has 2 N–H and O–H groups in total.